The highest BCUT2D eigenvalue weighted by Crippen LogP contribution is 2.29. The first-order valence-corrected chi connectivity index (χ1v) is 8.43. The summed E-state index contributed by atoms with van der Waals surface area (Å²) in [6.45, 7) is 1.67. The maximum atomic E-state index is 12.5. The van der Waals surface area contributed by atoms with Crippen LogP contribution in [0.15, 0.2) is 23.9 Å². The Kier molecular flexibility index (Phi) is 5.54. The van der Waals surface area contributed by atoms with Crippen molar-refractivity contribution in [1.82, 2.24) is 10.2 Å². The second-order valence-electron chi connectivity index (χ2n) is 6.06. The summed E-state index contributed by atoms with van der Waals surface area (Å²) in [7, 11) is 1.15. The molecular formula is C17H18N4O7. The molecule has 0 atom stereocenters. The van der Waals surface area contributed by atoms with E-state index in [9.17, 15) is 24.5 Å². The van der Waals surface area contributed by atoms with Crippen LogP contribution >= 0.6 is 0 Å². The number of methoxy groups -OCH3 is 1. The number of morpholine rings is 1. The van der Waals surface area contributed by atoms with E-state index in [4.69, 9.17) is 4.74 Å². The Labute approximate surface area is 159 Å². The van der Waals surface area contributed by atoms with Crippen molar-refractivity contribution in [1.29, 1.82) is 0 Å². The van der Waals surface area contributed by atoms with E-state index in [1.54, 1.807) is 6.07 Å². The summed E-state index contributed by atoms with van der Waals surface area (Å²) in [6, 6.07) is 3.55. The number of ether oxygens (including phenoxy) is 2. The maximum Gasteiger partial charge on any atom is 0.329 e. The fourth-order valence-electron chi connectivity index (χ4n) is 2.93. The smallest absolute Gasteiger partial charge is 0.329 e. The zero-order valence-corrected chi connectivity index (χ0v) is 15.0. The van der Waals surface area contributed by atoms with Gasteiger partial charge in [0.05, 0.1) is 25.2 Å². The molecule has 148 valence electrons. The van der Waals surface area contributed by atoms with Crippen LogP contribution in [0.5, 0.6) is 0 Å². The standard InChI is InChI=1S/C17H18N4O7/c1-27-15(22)10-20-16(23)13(18-17(20)24)9-11-8-12(21(25)26)2-3-14(11)19-4-6-28-7-5-19/h2-3,8-9H,4-7,10H2,1H3,(H,18,24)/b13-9-. The number of carbonyl (C=O) groups excluding carboxylic acids is 3. The van der Waals surface area contributed by atoms with E-state index >= 15 is 0 Å². The molecule has 1 N–H and O–H groups in total. The average Bonchev–Trinajstić information content (AvgIpc) is 2.95. The van der Waals surface area contributed by atoms with Gasteiger partial charge in [-0.3, -0.25) is 19.7 Å². The molecule has 11 heteroatoms. The van der Waals surface area contributed by atoms with Crippen LogP contribution in [-0.4, -0.2) is 67.7 Å². The van der Waals surface area contributed by atoms with Gasteiger partial charge in [0.1, 0.15) is 12.2 Å². The van der Waals surface area contributed by atoms with Crippen LogP contribution in [0, 0.1) is 10.1 Å². The Morgan fingerprint density at radius 2 is 2.07 bits per heavy atom. The normalized spacial score (nSPS) is 18.4. The van der Waals surface area contributed by atoms with Crippen LogP contribution in [-0.2, 0) is 19.1 Å². The fourth-order valence-corrected chi connectivity index (χ4v) is 2.93. The number of urea groups is 1. The van der Waals surface area contributed by atoms with Gasteiger partial charge in [0.15, 0.2) is 0 Å². The Balaban J connectivity index is 1.96. The Morgan fingerprint density at radius 3 is 2.71 bits per heavy atom. The number of rotatable bonds is 5. The van der Waals surface area contributed by atoms with Gasteiger partial charge >= 0.3 is 12.0 Å². The molecule has 0 saturated carbocycles. The van der Waals surface area contributed by atoms with Crippen LogP contribution in [0.25, 0.3) is 6.08 Å². The molecule has 0 unspecified atom stereocenters. The molecular weight excluding hydrogens is 372 g/mol. The molecule has 2 heterocycles. The molecule has 1 aromatic carbocycles. The third-order valence-electron chi connectivity index (χ3n) is 4.35. The number of non-ortho nitro benzene ring substituents is 1. The SMILES string of the molecule is COC(=O)CN1C(=O)N/C(=C\c2cc([N+](=O)[O-])ccc2N2CCOCC2)C1=O. The van der Waals surface area contributed by atoms with Gasteiger partial charge in [-0.05, 0) is 12.1 Å². The Morgan fingerprint density at radius 1 is 1.36 bits per heavy atom. The lowest BCUT2D eigenvalue weighted by Crippen LogP contribution is -2.36. The molecule has 0 aliphatic carbocycles. The van der Waals surface area contributed by atoms with Gasteiger partial charge in [-0.15, -0.1) is 0 Å². The van der Waals surface area contributed by atoms with Crippen LogP contribution in [0.3, 0.4) is 0 Å². The van der Waals surface area contributed by atoms with Crippen molar-refractivity contribution in [3.63, 3.8) is 0 Å². The van der Waals surface area contributed by atoms with E-state index in [0.717, 1.165) is 7.11 Å². The molecule has 0 spiro atoms. The highest BCUT2D eigenvalue weighted by molar-refractivity contribution is 6.15. The van der Waals surface area contributed by atoms with Crippen LogP contribution in [0.4, 0.5) is 16.2 Å². The molecule has 1 aromatic rings. The summed E-state index contributed by atoms with van der Waals surface area (Å²) >= 11 is 0. The number of nitro benzene ring substituents is 1. The molecule has 2 aliphatic rings. The number of esters is 1. The number of nitrogens with one attached hydrogen (secondary N) is 1. The van der Waals surface area contributed by atoms with Crippen molar-refractivity contribution in [3.8, 4) is 0 Å². The number of hydrogen-bond acceptors (Lipinski definition) is 8. The van der Waals surface area contributed by atoms with Crippen LogP contribution < -0.4 is 10.2 Å². The van der Waals surface area contributed by atoms with Crippen molar-refractivity contribution < 1.29 is 28.8 Å². The summed E-state index contributed by atoms with van der Waals surface area (Å²) in [5.41, 5.74) is 0.852. The molecule has 0 radical (unpaired) electrons. The van der Waals surface area contributed by atoms with Crippen molar-refractivity contribution in [3.05, 3.63) is 39.6 Å². The lowest BCUT2D eigenvalue weighted by atomic mass is 10.1. The maximum absolute atomic E-state index is 12.5. The quantitative estimate of drug-likeness (QED) is 0.253. The third kappa shape index (κ3) is 3.93. The lowest BCUT2D eigenvalue weighted by molar-refractivity contribution is -0.384. The van der Waals surface area contributed by atoms with E-state index in [2.05, 4.69) is 10.1 Å². The highest BCUT2D eigenvalue weighted by Gasteiger charge is 2.35. The first kappa shape index (κ1) is 19.3. The van der Waals surface area contributed by atoms with Crippen molar-refractivity contribution in [2.75, 3.05) is 44.9 Å². The summed E-state index contributed by atoms with van der Waals surface area (Å²) in [6.07, 6.45) is 1.37. The first-order valence-electron chi connectivity index (χ1n) is 8.43. The second kappa shape index (κ2) is 8.05. The molecule has 2 saturated heterocycles. The molecule has 3 amide bonds. The largest absolute Gasteiger partial charge is 0.468 e. The number of nitro groups is 1. The van der Waals surface area contributed by atoms with Gasteiger partial charge in [-0.25, -0.2) is 9.69 Å². The third-order valence-corrected chi connectivity index (χ3v) is 4.35. The zero-order chi connectivity index (χ0) is 20.3. The minimum absolute atomic E-state index is 0.0797. The summed E-state index contributed by atoms with van der Waals surface area (Å²) in [5.74, 6) is -1.45. The number of imide groups is 1. The van der Waals surface area contributed by atoms with E-state index < -0.39 is 29.4 Å². The molecule has 2 aliphatic heterocycles. The average molecular weight is 390 g/mol. The monoisotopic (exact) mass is 390 g/mol. The number of amides is 3. The second-order valence-corrected chi connectivity index (χ2v) is 6.06. The molecule has 3 rings (SSSR count). The van der Waals surface area contributed by atoms with E-state index in [-0.39, 0.29) is 11.4 Å². The fraction of sp³-hybridized carbons (Fsp3) is 0.353. The highest BCUT2D eigenvalue weighted by atomic mass is 16.6. The minimum Gasteiger partial charge on any atom is -0.468 e. The molecule has 0 bridgehead atoms. The van der Waals surface area contributed by atoms with Gasteiger partial charge in [0, 0.05) is 36.5 Å². The molecule has 28 heavy (non-hydrogen) atoms. The predicted octanol–water partition coefficient (Wildman–Crippen LogP) is 0.497. The van der Waals surface area contributed by atoms with Gasteiger partial charge in [-0.2, -0.15) is 0 Å². The van der Waals surface area contributed by atoms with Crippen molar-refractivity contribution in [2.24, 2.45) is 0 Å². The van der Waals surface area contributed by atoms with E-state index in [1.807, 2.05) is 4.90 Å². The summed E-state index contributed by atoms with van der Waals surface area (Å²) in [5, 5.41) is 13.5. The van der Waals surface area contributed by atoms with Crippen molar-refractivity contribution >= 4 is 35.4 Å². The van der Waals surface area contributed by atoms with Crippen molar-refractivity contribution in [2.45, 2.75) is 0 Å². The minimum atomic E-state index is -0.764. The Hall–Kier alpha value is -3.47. The topological polar surface area (TPSA) is 131 Å². The summed E-state index contributed by atoms with van der Waals surface area (Å²) in [4.78, 5) is 49.2. The Bertz CT molecular complexity index is 861. The lowest BCUT2D eigenvalue weighted by Gasteiger charge is -2.30. The number of hydrogen-bond donors (Lipinski definition) is 1. The number of carbonyl (C=O) groups is 3. The van der Waals surface area contributed by atoms with Crippen LogP contribution in [0.1, 0.15) is 5.56 Å². The molecule has 0 aromatic heterocycles. The van der Waals surface area contributed by atoms with E-state index in [0.29, 0.717) is 42.5 Å². The predicted molar refractivity (Wildman–Crippen MR) is 96.4 cm³/mol. The molecule has 11 nitrogen and oxygen atoms in total. The van der Waals surface area contributed by atoms with Gasteiger partial charge in [0.2, 0.25) is 0 Å². The zero-order valence-electron chi connectivity index (χ0n) is 15.0. The summed E-state index contributed by atoms with van der Waals surface area (Å²) < 4.78 is 9.80. The number of benzene rings is 1. The number of nitrogens with zero attached hydrogens (tertiary/aromatic N) is 3. The number of anilines is 1. The van der Waals surface area contributed by atoms with Gasteiger partial charge < -0.3 is 19.7 Å². The van der Waals surface area contributed by atoms with E-state index in [1.165, 1.54) is 18.2 Å². The van der Waals surface area contributed by atoms with Crippen LogP contribution in [0.2, 0.25) is 0 Å². The van der Waals surface area contributed by atoms with Gasteiger partial charge in [-0.1, -0.05) is 0 Å². The van der Waals surface area contributed by atoms with Gasteiger partial charge in [0.25, 0.3) is 11.6 Å². The first-order chi connectivity index (χ1) is 13.4. The molecule has 2 fully saturated rings.